The summed E-state index contributed by atoms with van der Waals surface area (Å²) in [6.07, 6.45) is 4.53. The average molecular weight is 337 g/mol. The van der Waals surface area contributed by atoms with Crippen LogP contribution in [-0.4, -0.2) is 40.5 Å². The first kappa shape index (κ1) is 16.1. The highest BCUT2D eigenvalue weighted by molar-refractivity contribution is 5.94. The highest BCUT2D eigenvalue weighted by atomic mass is 16.3. The number of anilines is 1. The third-order valence-corrected chi connectivity index (χ3v) is 5.13. The maximum atomic E-state index is 12.5. The molecule has 1 aromatic heterocycles. The zero-order valence-electron chi connectivity index (χ0n) is 14.3. The molecule has 1 saturated heterocycles. The lowest BCUT2D eigenvalue weighted by Gasteiger charge is -2.33. The van der Waals surface area contributed by atoms with Crippen LogP contribution in [0.25, 0.3) is 0 Å². The normalized spacial score (nSPS) is 20.3. The minimum atomic E-state index is -0.513. The number of fused-ring (bicyclic) bond motifs is 1. The van der Waals surface area contributed by atoms with Gasteiger partial charge in [0.25, 0.3) is 5.91 Å². The van der Waals surface area contributed by atoms with E-state index in [1.165, 1.54) is 6.42 Å². The highest BCUT2D eigenvalue weighted by Gasteiger charge is 2.24. The van der Waals surface area contributed by atoms with Crippen LogP contribution < -0.4 is 4.90 Å². The van der Waals surface area contributed by atoms with E-state index in [1.807, 2.05) is 41.3 Å². The van der Waals surface area contributed by atoms with Crippen molar-refractivity contribution < 1.29 is 9.90 Å². The van der Waals surface area contributed by atoms with Crippen LogP contribution in [0.5, 0.6) is 0 Å². The maximum Gasteiger partial charge on any atom is 0.255 e. The summed E-state index contributed by atoms with van der Waals surface area (Å²) in [5.74, 6) is 0.867. The van der Waals surface area contributed by atoms with Crippen LogP contribution in [0.1, 0.15) is 46.9 Å². The van der Waals surface area contributed by atoms with Crippen LogP contribution in [0.15, 0.2) is 42.6 Å². The zero-order valence-corrected chi connectivity index (χ0v) is 14.3. The number of carbonyl (C=O) groups is 1. The molecule has 0 bridgehead atoms. The Morgan fingerprint density at radius 1 is 1.08 bits per heavy atom. The molecule has 1 atom stereocenters. The highest BCUT2D eigenvalue weighted by Crippen LogP contribution is 2.29. The zero-order chi connectivity index (χ0) is 17.2. The molecule has 3 heterocycles. The summed E-state index contributed by atoms with van der Waals surface area (Å²) in [4.78, 5) is 21.0. The van der Waals surface area contributed by atoms with Crippen molar-refractivity contribution in [3.63, 3.8) is 0 Å². The van der Waals surface area contributed by atoms with Crippen molar-refractivity contribution in [2.24, 2.45) is 0 Å². The smallest absolute Gasteiger partial charge is 0.255 e. The number of aromatic nitrogens is 1. The predicted molar refractivity (Wildman–Crippen MR) is 96.4 cm³/mol. The van der Waals surface area contributed by atoms with E-state index in [0.29, 0.717) is 12.1 Å². The van der Waals surface area contributed by atoms with Gasteiger partial charge in [-0.2, -0.15) is 0 Å². The molecular weight excluding hydrogens is 314 g/mol. The fraction of sp³-hybridized carbons (Fsp3) is 0.400. The number of pyridine rings is 1. The third-order valence-electron chi connectivity index (χ3n) is 5.13. The molecule has 2 aliphatic heterocycles. The first-order valence-electron chi connectivity index (χ1n) is 8.98. The van der Waals surface area contributed by atoms with E-state index in [2.05, 4.69) is 9.88 Å². The van der Waals surface area contributed by atoms with Crippen molar-refractivity contribution >= 4 is 11.7 Å². The van der Waals surface area contributed by atoms with Crippen LogP contribution in [0.4, 0.5) is 5.82 Å². The van der Waals surface area contributed by atoms with Crippen molar-refractivity contribution in [3.05, 3.63) is 59.3 Å². The Hall–Kier alpha value is -2.40. The first-order chi connectivity index (χ1) is 12.2. The monoisotopic (exact) mass is 337 g/mol. The molecule has 1 fully saturated rings. The number of β-amino-alcohol motifs (C(OH)–C–C–N with tert-alkyl or cyclic N) is 1. The maximum absolute atomic E-state index is 12.5. The van der Waals surface area contributed by atoms with Gasteiger partial charge in [-0.25, -0.2) is 4.98 Å². The summed E-state index contributed by atoms with van der Waals surface area (Å²) >= 11 is 0. The van der Waals surface area contributed by atoms with Crippen molar-refractivity contribution in [3.8, 4) is 0 Å². The Bertz CT molecular complexity index is 754. The number of carbonyl (C=O) groups excluding carboxylic acids is 1. The van der Waals surface area contributed by atoms with Crippen molar-refractivity contribution in [2.75, 3.05) is 24.5 Å². The van der Waals surface area contributed by atoms with E-state index < -0.39 is 6.10 Å². The number of likely N-dealkylation sites (tertiary alicyclic amines) is 1. The van der Waals surface area contributed by atoms with Gasteiger partial charge in [-0.1, -0.05) is 24.3 Å². The summed E-state index contributed by atoms with van der Waals surface area (Å²) < 4.78 is 0. The van der Waals surface area contributed by atoms with Crippen LogP contribution in [-0.2, 0) is 6.54 Å². The summed E-state index contributed by atoms with van der Waals surface area (Å²) in [6.45, 7) is 2.93. The van der Waals surface area contributed by atoms with E-state index in [9.17, 15) is 9.90 Å². The minimum absolute atomic E-state index is 0.0720. The van der Waals surface area contributed by atoms with E-state index in [0.717, 1.165) is 49.4 Å². The Labute approximate surface area is 147 Å². The van der Waals surface area contributed by atoms with Gasteiger partial charge in [0.1, 0.15) is 5.82 Å². The van der Waals surface area contributed by atoms with Gasteiger partial charge in [0, 0.05) is 32.4 Å². The van der Waals surface area contributed by atoms with Gasteiger partial charge in [-0.15, -0.1) is 0 Å². The molecule has 130 valence electrons. The van der Waals surface area contributed by atoms with Crippen LogP contribution in [0, 0.1) is 0 Å². The Balaban J connectivity index is 1.50. The molecule has 2 aliphatic rings. The van der Waals surface area contributed by atoms with Gasteiger partial charge in [0.2, 0.25) is 0 Å². The van der Waals surface area contributed by atoms with Gasteiger partial charge < -0.3 is 14.9 Å². The average Bonchev–Trinajstić information content (AvgIpc) is 2.68. The molecule has 5 nitrogen and oxygen atoms in total. The van der Waals surface area contributed by atoms with E-state index in [1.54, 1.807) is 6.20 Å². The lowest BCUT2D eigenvalue weighted by Crippen LogP contribution is -2.36. The molecule has 5 heteroatoms. The lowest BCUT2D eigenvalue weighted by atomic mass is 9.97. The number of rotatable bonds is 2. The predicted octanol–water partition coefficient (Wildman–Crippen LogP) is 2.76. The summed E-state index contributed by atoms with van der Waals surface area (Å²) in [5, 5.41) is 10.4. The Morgan fingerprint density at radius 3 is 2.64 bits per heavy atom. The van der Waals surface area contributed by atoms with Gasteiger partial charge in [0.15, 0.2) is 0 Å². The standard InChI is InChI=1S/C20H23N3O2/c24-18-14-23(13-16-6-2-3-7-17(16)18)19-9-8-15(12-21-19)20(25)22-10-4-1-5-11-22/h2-3,6-9,12,18,24H,1,4-5,10-11,13-14H2/t18-/m0/s1. The molecule has 0 saturated carbocycles. The number of piperidine rings is 1. The minimum Gasteiger partial charge on any atom is -0.387 e. The molecule has 1 N–H and O–H groups in total. The van der Waals surface area contributed by atoms with Crippen molar-refractivity contribution in [1.29, 1.82) is 0 Å². The molecular formula is C20H23N3O2. The fourth-order valence-corrected chi connectivity index (χ4v) is 3.73. The van der Waals surface area contributed by atoms with Gasteiger partial charge in [-0.3, -0.25) is 4.79 Å². The first-order valence-corrected chi connectivity index (χ1v) is 8.98. The third kappa shape index (κ3) is 3.24. The number of benzene rings is 1. The molecule has 25 heavy (non-hydrogen) atoms. The Morgan fingerprint density at radius 2 is 1.88 bits per heavy atom. The fourth-order valence-electron chi connectivity index (χ4n) is 3.73. The molecule has 4 rings (SSSR count). The van der Waals surface area contributed by atoms with E-state index >= 15 is 0 Å². The van der Waals surface area contributed by atoms with Crippen LogP contribution in [0.3, 0.4) is 0 Å². The number of aliphatic hydroxyl groups is 1. The number of amides is 1. The van der Waals surface area contributed by atoms with Gasteiger partial charge in [-0.05, 0) is 42.5 Å². The number of aliphatic hydroxyl groups excluding tert-OH is 1. The Kier molecular flexibility index (Phi) is 4.40. The second kappa shape index (κ2) is 6.84. The molecule has 0 spiro atoms. The van der Waals surface area contributed by atoms with E-state index in [4.69, 9.17) is 0 Å². The molecule has 0 unspecified atom stereocenters. The van der Waals surface area contributed by atoms with Gasteiger partial charge >= 0.3 is 0 Å². The van der Waals surface area contributed by atoms with Gasteiger partial charge in [0.05, 0.1) is 11.7 Å². The molecule has 2 aromatic rings. The summed E-state index contributed by atoms with van der Waals surface area (Å²) in [6, 6.07) is 11.7. The molecule has 0 aliphatic carbocycles. The van der Waals surface area contributed by atoms with E-state index in [-0.39, 0.29) is 5.91 Å². The van der Waals surface area contributed by atoms with Crippen LogP contribution >= 0.6 is 0 Å². The van der Waals surface area contributed by atoms with Crippen molar-refractivity contribution in [2.45, 2.75) is 31.9 Å². The quantitative estimate of drug-likeness (QED) is 0.915. The topological polar surface area (TPSA) is 56.7 Å². The molecule has 1 aromatic carbocycles. The number of hydrogen-bond acceptors (Lipinski definition) is 4. The largest absolute Gasteiger partial charge is 0.387 e. The number of nitrogens with zero attached hydrogens (tertiary/aromatic N) is 3. The van der Waals surface area contributed by atoms with Crippen LogP contribution in [0.2, 0.25) is 0 Å². The number of hydrogen-bond donors (Lipinski definition) is 1. The lowest BCUT2D eigenvalue weighted by molar-refractivity contribution is 0.0724. The summed E-state index contributed by atoms with van der Waals surface area (Å²) in [5.41, 5.74) is 2.76. The van der Waals surface area contributed by atoms with Crippen molar-refractivity contribution in [1.82, 2.24) is 9.88 Å². The molecule has 0 radical (unpaired) electrons. The molecule has 1 amide bonds. The summed E-state index contributed by atoms with van der Waals surface area (Å²) in [7, 11) is 0. The second-order valence-electron chi connectivity index (χ2n) is 6.85. The second-order valence-corrected chi connectivity index (χ2v) is 6.85. The SMILES string of the molecule is O=C(c1ccc(N2Cc3ccccc3[C@@H](O)C2)nc1)N1CCCCC1.